The van der Waals surface area contributed by atoms with Crippen molar-refractivity contribution >= 4 is 16.9 Å². The van der Waals surface area contributed by atoms with Gasteiger partial charge in [-0.05, 0) is 24.3 Å². The molecule has 0 atom stereocenters. The van der Waals surface area contributed by atoms with Crippen LogP contribution in [0.2, 0.25) is 0 Å². The van der Waals surface area contributed by atoms with E-state index in [1.165, 1.54) is 0 Å². The lowest BCUT2D eigenvalue weighted by Crippen LogP contribution is -2.28. The smallest absolute Gasteiger partial charge is 0.270 e. The maximum Gasteiger partial charge on any atom is 0.270 e. The maximum atomic E-state index is 12.3. The van der Waals surface area contributed by atoms with Crippen LogP contribution in [0, 0.1) is 0 Å². The van der Waals surface area contributed by atoms with Crippen molar-refractivity contribution in [3.05, 3.63) is 77.8 Å². The van der Waals surface area contributed by atoms with Crippen molar-refractivity contribution in [1.82, 2.24) is 30.0 Å². The monoisotopic (exact) mass is 402 g/mol. The zero-order valence-corrected chi connectivity index (χ0v) is 16.5. The third-order valence-electron chi connectivity index (χ3n) is 5.36. The van der Waals surface area contributed by atoms with Gasteiger partial charge in [-0.25, -0.2) is 0 Å². The highest BCUT2D eigenvalue weighted by molar-refractivity contribution is 5.92. The molecule has 0 unspecified atom stereocenters. The number of rotatable bonds is 5. The number of aromatic nitrogens is 4. The first-order valence-electron chi connectivity index (χ1n) is 10.1. The molecule has 8 nitrogen and oxygen atoms in total. The number of amides is 1. The van der Waals surface area contributed by atoms with E-state index in [1.807, 2.05) is 18.2 Å². The largest absolute Gasteiger partial charge is 0.460 e. The van der Waals surface area contributed by atoms with Crippen molar-refractivity contribution in [3.8, 4) is 0 Å². The topological polar surface area (TPSA) is 89.1 Å². The Morgan fingerprint density at radius 1 is 1.07 bits per heavy atom. The summed E-state index contributed by atoms with van der Waals surface area (Å²) in [4.78, 5) is 18.7. The van der Waals surface area contributed by atoms with Crippen molar-refractivity contribution in [1.29, 1.82) is 0 Å². The van der Waals surface area contributed by atoms with Crippen LogP contribution < -0.4 is 5.32 Å². The Balaban J connectivity index is 1.22. The number of fused-ring (bicyclic) bond motifs is 2. The standard InChI is InChI=1S/C22H22N6O2/c29-22(18-6-3-4-9-23-18)24-14-21-26-25-20-8-10-27(11-12-28(20)21)15-17-13-16-5-1-2-7-19(16)30-17/h1-7,9,13H,8,10-12,14-15H2,(H,24,29). The van der Waals surface area contributed by atoms with Crippen LogP contribution in [0.4, 0.5) is 0 Å². The molecule has 30 heavy (non-hydrogen) atoms. The van der Waals surface area contributed by atoms with Crippen molar-refractivity contribution in [3.63, 3.8) is 0 Å². The summed E-state index contributed by atoms with van der Waals surface area (Å²) in [6.07, 6.45) is 2.41. The van der Waals surface area contributed by atoms with Gasteiger partial charge in [-0.15, -0.1) is 10.2 Å². The first-order chi connectivity index (χ1) is 14.8. The number of furan rings is 1. The zero-order valence-electron chi connectivity index (χ0n) is 16.5. The van der Waals surface area contributed by atoms with Crippen molar-refractivity contribution < 1.29 is 9.21 Å². The lowest BCUT2D eigenvalue weighted by molar-refractivity contribution is 0.0944. The van der Waals surface area contributed by atoms with Gasteiger partial charge in [-0.3, -0.25) is 14.7 Å². The lowest BCUT2D eigenvalue weighted by Gasteiger charge is -2.18. The molecule has 0 spiro atoms. The first kappa shape index (κ1) is 18.5. The molecule has 4 heterocycles. The predicted molar refractivity (Wildman–Crippen MR) is 111 cm³/mol. The van der Waals surface area contributed by atoms with Gasteiger partial charge in [0.25, 0.3) is 5.91 Å². The van der Waals surface area contributed by atoms with Gasteiger partial charge in [-0.1, -0.05) is 24.3 Å². The Labute approximate surface area is 173 Å². The minimum Gasteiger partial charge on any atom is -0.460 e. The molecule has 5 rings (SSSR count). The Morgan fingerprint density at radius 2 is 1.97 bits per heavy atom. The number of carbonyl (C=O) groups excluding carboxylic acids is 1. The van der Waals surface area contributed by atoms with E-state index < -0.39 is 0 Å². The van der Waals surface area contributed by atoms with Crippen LogP contribution in [0.1, 0.15) is 27.9 Å². The summed E-state index contributed by atoms with van der Waals surface area (Å²) in [6, 6.07) is 15.4. The maximum absolute atomic E-state index is 12.3. The normalized spacial score (nSPS) is 14.4. The number of para-hydroxylation sites is 1. The Bertz CT molecular complexity index is 1130. The number of nitrogens with one attached hydrogen (secondary N) is 1. The summed E-state index contributed by atoms with van der Waals surface area (Å²) in [5.41, 5.74) is 1.32. The second kappa shape index (κ2) is 8.08. The molecule has 1 aliphatic heterocycles. The summed E-state index contributed by atoms with van der Waals surface area (Å²) in [7, 11) is 0. The van der Waals surface area contributed by atoms with Crippen LogP contribution in [0.5, 0.6) is 0 Å². The lowest BCUT2D eigenvalue weighted by atomic mass is 10.2. The Hall–Kier alpha value is -3.52. The van der Waals surface area contributed by atoms with E-state index in [2.05, 4.69) is 42.1 Å². The number of nitrogens with zero attached hydrogens (tertiary/aromatic N) is 5. The molecule has 8 heteroatoms. The highest BCUT2D eigenvalue weighted by Gasteiger charge is 2.20. The SMILES string of the molecule is O=C(NCc1nnc2n1CCN(Cc1cc3ccccc3o1)CC2)c1ccccn1. The summed E-state index contributed by atoms with van der Waals surface area (Å²) < 4.78 is 8.08. The Kier molecular flexibility index (Phi) is 4.98. The van der Waals surface area contributed by atoms with Gasteiger partial charge in [-0.2, -0.15) is 0 Å². The second-order valence-electron chi connectivity index (χ2n) is 7.36. The van der Waals surface area contributed by atoms with Gasteiger partial charge >= 0.3 is 0 Å². The fraction of sp³-hybridized carbons (Fsp3) is 0.273. The van der Waals surface area contributed by atoms with Crippen LogP contribution in [0.25, 0.3) is 11.0 Å². The van der Waals surface area contributed by atoms with E-state index in [1.54, 1.807) is 24.4 Å². The molecule has 0 aliphatic carbocycles. The highest BCUT2D eigenvalue weighted by Crippen LogP contribution is 2.21. The molecule has 0 saturated carbocycles. The van der Waals surface area contributed by atoms with Crippen LogP contribution in [-0.2, 0) is 26.1 Å². The number of hydrogen-bond donors (Lipinski definition) is 1. The summed E-state index contributed by atoms with van der Waals surface area (Å²) in [6.45, 7) is 3.61. The molecule has 4 aromatic rings. The quantitative estimate of drug-likeness (QED) is 0.551. The van der Waals surface area contributed by atoms with E-state index >= 15 is 0 Å². The summed E-state index contributed by atoms with van der Waals surface area (Å²) in [5, 5.41) is 12.6. The summed E-state index contributed by atoms with van der Waals surface area (Å²) >= 11 is 0. The van der Waals surface area contributed by atoms with Gasteiger partial charge in [0, 0.05) is 37.6 Å². The van der Waals surface area contributed by atoms with Gasteiger partial charge in [0.2, 0.25) is 0 Å². The fourth-order valence-electron chi connectivity index (χ4n) is 3.80. The van der Waals surface area contributed by atoms with Crippen LogP contribution >= 0.6 is 0 Å². The molecule has 0 bridgehead atoms. The summed E-state index contributed by atoms with van der Waals surface area (Å²) in [5.74, 6) is 2.47. The van der Waals surface area contributed by atoms with Crippen molar-refractivity contribution in [2.75, 3.05) is 13.1 Å². The average molecular weight is 402 g/mol. The number of hydrogen-bond acceptors (Lipinski definition) is 6. The van der Waals surface area contributed by atoms with Gasteiger partial charge < -0.3 is 14.3 Å². The van der Waals surface area contributed by atoms with Crippen molar-refractivity contribution in [2.45, 2.75) is 26.1 Å². The van der Waals surface area contributed by atoms with Gasteiger partial charge in [0.1, 0.15) is 22.9 Å². The molecule has 0 radical (unpaired) electrons. The molecule has 1 aromatic carbocycles. The molecule has 3 aromatic heterocycles. The number of carbonyl (C=O) groups is 1. The fourth-order valence-corrected chi connectivity index (χ4v) is 3.80. The van der Waals surface area contributed by atoms with E-state index in [-0.39, 0.29) is 5.91 Å². The zero-order chi connectivity index (χ0) is 20.3. The Morgan fingerprint density at radius 3 is 2.83 bits per heavy atom. The molecule has 0 fully saturated rings. The van der Waals surface area contributed by atoms with Gasteiger partial charge in [0.15, 0.2) is 5.82 Å². The molecule has 1 aliphatic rings. The minimum absolute atomic E-state index is 0.215. The average Bonchev–Trinajstić information content (AvgIpc) is 3.31. The molecular formula is C22H22N6O2. The van der Waals surface area contributed by atoms with Crippen LogP contribution in [0.15, 0.2) is 59.1 Å². The molecule has 1 amide bonds. The predicted octanol–water partition coefficient (Wildman–Crippen LogP) is 2.41. The highest BCUT2D eigenvalue weighted by atomic mass is 16.3. The number of pyridine rings is 1. The van der Waals surface area contributed by atoms with Gasteiger partial charge in [0.05, 0.1) is 13.1 Å². The van der Waals surface area contributed by atoms with Crippen LogP contribution in [-0.4, -0.2) is 43.6 Å². The third-order valence-corrected chi connectivity index (χ3v) is 5.36. The molecule has 152 valence electrons. The van der Waals surface area contributed by atoms with E-state index in [4.69, 9.17) is 4.42 Å². The molecule has 0 saturated heterocycles. The van der Waals surface area contributed by atoms with E-state index in [9.17, 15) is 4.79 Å². The third kappa shape index (κ3) is 3.81. The second-order valence-corrected chi connectivity index (χ2v) is 7.36. The number of benzene rings is 1. The first-order valence-corrected chi connectivity index (χ1v) is 10.1. The molecular weight excluding hydrogens is 380 g/mol. The van der Waals surface area contributed by atoms with E-state index in [0.717, 1.165) is 61.0 Å². The molecule has 1 N–H and O–H groups in total. The van der Waals surface area contributed by atoms with Crippen molar-refractivity contribution in [2.24, 2.45) is 0 Å². The van der Waals surface area contributed by atoms with E-state index in [0.29, 0.717) is 12.2 Å². The van der Waals surface area contributed by atoms with Crippen LogP contribution in [0.3, 0.4) is 0 Å². The minimum atomic E-state index is -0.215.